The van der Waals surface area contributed by atoms with Crippen LogP contribution in [-0.2, 0) is 5.41 Å². The monoisotopic (exact) mass is 491 g/mol. The van der Waals surface area contributed by atoms with Crippen LogP contribution in [0.25, 0.3) is 0 Å². The van der Waals surface area contributed by atoms with Crippen LogP contribution in [-0.4, -0.2) is 75.2 Å². The van der Waals surface area contributed by atoms with Crippen LogP contribution in [0.3, 0.4) is 0 Å². The predicted octanol–water partition coefficient (Wildman–Crippen LogP) is 2.52. The lowest BCUT2D eigenvalue weighted by Crippen LogP contribution is -2.52. The minimum absolute atomic E-state index is 0. The van der Waals surface area contributed by atoms with Gasteiger partial charge in [-0.25, -0.2) is 4.39 Å². The Morgan fingerprint density at radius 1 is 1.22 bits per heavy atom. The third kappa shape index (κ3) is 7.54. The molecule has 1 unspecified atom stereocenters. The van der Waals surface area contributed by atoms with E-state index in [-0.39, 0.29) is 35.2 Å². The van der Waals surface area contributed by atoms with Crippen LogP contribution in [0.4, 0.5) is 4.39 Å². The van der Waals surface area contributed by atoms with E-state index in [9.17, 15) is 4.39 Å². The van der Waals surface area contributed by atoms with Crippen LogP contribution >= 0.6 is 24.0 Å². The second-order valence-corrected chi connectivity index (χ2v) is 7.89. The average Bonchev–Trinajstić information content (AvgIpc) is 2.62. The van der Waals surface area contributed by atoms with Crippen molar-refractivity contribution in [2.24, 2.45) is 4.99 Å². The van der Waals surface area contributed by atoms with Crippen LogP contribution in [0, 0.1) is 5.82 Å². The molecule has 0 aliphatic carbocycles. The summed E-state index contributed by atoms with van der Waals surface area (Å²) in [5.41, 5.74) is 0.786. The Morgan fingerprint density at radius 3 is 2.48 bits per heavy atom. The quantitative estimate of drug-likeness (QED) is 0.365. The third-order valence-electron chi connectivity index (χ3n) is 5.25. The molecule has 1 fully saturated rings. The molecule has 1 saturated heterocycles. The first kappa shape index (κ1) is 24.1. The number of nitrogens with one attached hydrogen (secondary N) is 2. The first-order valence-electron chi connectivity index (χ1n) is 9.45. The van der Waals surface area contributed by atoms with Gasteiger partial charge >= 0.3 is 0 Å². The van der Waals surface area contributed by atoms with Gasteiger partial charge < -0.3 is 15.5 Å². The average molecular weight is 491 g/mol. The smallest absolute Gasteiger partial charge is 0.191 e. The molecule has 2 rings (SSSR count). The highest BCUT2D eigenvalue weighted by Crippen LogP contribution is 2.22. The molecule has 1 aromatic carbocycles. The Kier molecular flexibility index (Phi) is 9.97. The summed E-state index contributed by atoms with van der Waals surface area (Å²) in [5, 5.41) is 6.81. The van der Waals surface area contributed by atoms with Gasteiger partial charge in [0.1, 0.15) is 5.82 Å². The molecule has 2 N–H and O–H groups in total. The number of rotatable bonds is 6. The summed E-state index contributed by atoms with van der Waals surface area (Å²) in [6.45, 7) is 12.5. The van der Waals surface area contributed by atoms with Gasteiger partial charge in [0.2, 0.25) is 0 Å². The fourth-order valence-corrected chi connectivity index (χ4v) is 3.17. The van der Waals surface area contributed by atoms with Gasteiger partial charge in [0.25, 0.3) is 0 Å². The van der Waals surface area contributed by atoms with E-state index in [1.165, 1.54) is 6.07 Å². The van der Waals surface area contributed by atoms with Gasteiger partial charge in [-0.3, -0.25) is 9.89 Å². The zero-order valence-corrected chi connectivity index (χ0v) is 19.6. The Bertz CT molecular complexity index is 600. The van der Waals surface area contributed by atoms with Gasteiger partial charge in [0.05, 0.1) is 0 Å². The Morgan fingerprint density at radius 2 is 1.89 bits per heavy atom. The topological polar surface area (TPSA) is 42.9 Å². The van der Waals surface area contributed by atoms with Crippen LogP contribution < -0.4 is 10.6 Å². The van der Waals surface area contributed by atoms with Crippen molar-refractivity contribution in [1.29, 1.82) is 0 Å². The van der Waals surface area contributed by atoms with E-state index in [0.717, 1.165) is 44.2 Å². The van der Waals surface area contributed by atoms with Crippen molar-refractivity contribution in [3.05, 3.63) is 35.6 Å². The molecule has 5 nitrogen and oxygen atoms in total. The minimum atomic E-state index is -0.195. The van der Waals surface area contributed by atoms with Crippen molar-refractivity contribution in [1.82, 2.24) is 20.4 Å². The van der Waals surface area contributed by atoms with E-state index in [1.54, 1.807) is 19.2 Å². The van der Waals surface area contributed by atoms with Gasteiger partial charge in [-0.15, -0.1) is 24.0 Å². The molecular weight excluding hydrogens is 456 g/mol. The minimum Gasteiger partial charge on any atom is -0.356 e. The maximum Gasteiger partial charge on any atom is 0.191 e. The summed E-state index contributed by atoms with van der Waals surface area (Å²) < 4.78 is 13.5. The van der Waals surface area contributed by atoms with Gasteiger partial charge in [0.15, 0.2) is 5.96 Å². The Balaban J connectivity index is 0.00000364. The Labute approximate surface area is 180 Å². The number of likely N-dealkylation sites (N-methyl/N-ethyl adjacent to an activating group) is 1. The lowest BCUT2D eigenvalue weighted by atomic mass is 9.84. The second kappa shape index (κ2) is 11.2. The summed E-state index contributed by atoms with van der Waals surface area (Å²) >= 11 is 0. The number of hydrogen-bond acceptors (Lipinski definition) is 3. The highest BCUT2D eigenvalue weighted by molar-refractivity contribution is 14.0. The van der Waals surface area contributed by atoms with Crippen molar-refractivity contribution < 1.29 is 4.39 Å². The SMILES string of the molecule is CN=C(NCC(C)N1CCN(C)CC1)NCC(C)(C)c1cccc(F)c1.I. The molecule has 154 valence electrons. The van der Waals surface area contributed by atoms with Gasteiger partial charge in [0, 0.05) is 57.8 Å². The predicted molar refractivity (Wildman–Crippen MR) is 123 cm³/mol. The molecule has 1 heterocycles. The Hall–Kier alpha value is -0.930. The van der Waals surface area contributed by atoms with Crippen LogP contribution in [0.5, 0.6) is 0 Å². The number of benzene rings is 1. The largest absolute Gasteiger partial charge is 0.356 e. The molecule has 0 bridgehead atoms. The normalized spacial score (nSPS) is 17.9. The standard InChI is InChI=1S/C20H34FN5.HI/c1-16(26-11-9-25(5)10-12-26)14-23-19(22-4)24-15-20(2,3)17-7-6-8-18(21)13-17;/h6-8,13,16H,9-12,14-15H2,1-5H3,(H2,22,23,24);1H. The summed E-state index contributed by atoms with van der Waals surface area (Å²) in [4.78, 5) is 9.20. The van der Waals surface area contributed by atoms with Crippen molar-refractivity contribution in [2.75, 3.05) is 53.4 Å². The van der Waals surface area contributed by atoms with Crippen molar-refractivity contribution in [3.8, 4) is 0 Å². The van der Waals surface area contributed by atoms with Gasteiger partial charge in [-0.1, -0.05) is 26.0 Å². The van der Waals surface area contributed by atoms with Crippen molar-refractivity contribution >= 4 is 29.9 Å². The van der Waals surface area contributed by atoms with Gasteiger partial charge in [-0.2, -0.15) is 0 Å². The summed E-state index contributed by atoms with van der Waals surface area (Å²) in [5.74, 6) is 0.592. The summed E-state index contributed by atoms with van der Waals surface area (Å²) in [6, 6.07) is 7.27. The number of piperazine rings is 1. The lowest BCUT2D eigenvalue weighted by molar-refractivity contribution is 0.120. The van der Waals surface area contributed by atoms with Crippen LogP contribution in [0.2, 0.25) is 0 Å². The molecular formula is C20H35FIN5. The fraction of sp³-hybridized carbons (Fsp3) is 0.650. The summed E-state index contributed by atoms with van der Waals surface area (Å²) in [6.07, 6.45) is 0. The van der Waals surface area contributed by atoms with E-state index >= 15 is 0 Å². The molecule has 0 spiro atoms. The van der Waals surface area contributed by atoms with E-state index in [1.807, 2.05) is 6.07 Å². The van der Waals surface area contributed by atoms with E-state index in [0.29, 0.717) is 12.6 Å². The highest BCUT2D eigenvalue weighted by Gasteiger charge is 2.22. The number of halogens is 2. The number of hydrogen-bond donors (Lipinski definition) is 2. The fourth-order valence-electron chi connectivity index (χ4n) is 3.17. The van der Waals surface area contributed by atoms with Crippen molar-refractivity contribution in [2.45, 2.75) is 32.2 Å². The first-order chi connectivity index (χ1) is 12.3. The molecule has 0 aromatic heterocycles. The summed E-state index contributed by atoms with van der Waals surface area (Å²) in [7, 11) is 3.96. The second-order valence-electron chi connectivity index (χ2n) is 7.89. The zero-order valence-electron chi connectivity index (χ0n) is 17.3. The maximum atomic E-state index is 13.5. The molecule has 7 heteroatoms. The number of guanidine groups is 1. The lowest BCUT2D eigenvalue weighted by Gasteiger charge is -2.36. The highest BCUT2D eigenvalue weighted by atomic mass is 127. The van der Waals surface area contributed by atoms with E-state index < -0.39 is 0 Å². The van der Waals surface area contributed by atoms with E-state index in [2.05, 4.69) is 53.2 Å². The molecule has 1 atom stereocenters. The molecule has 27 heavy (non-hydrogen) atoms. The maximum absolute atomic E-state index is 13.5. The molecule has 1 aliphatic rings. The molecule has 1 aliphatic heterocycles. The van der Waals surface area contributed by atoms with E-state index in [4.69, 9.17) is 0 Å². The zero-order chi connectivity index (χ0) is 19.2. The molecule has 0 radical (unpaired) electrons. The van der Waals surface area contributed by atoms with Crippen LogP contribution in [0.15, 0.2) is 29.3 Å². The number of nitrogens with zero attached hydrogens (tertiary/aromatic N) is 3. The van der Waals surface area contributed by atoms with Crippen LogP contribution in [0.1, 0.15) is 26.3 Å². The molecule has 1 aromatic rings. The number of aliphatic imine (C=N–C) groups is 1. The van der Waals surface area contributed by atoms with Crippen molar-refractivity contribution in [3.63, 3.8) is 0 Å². The molecule has 0 saturated carbocycles. The first-order valence-corrected chi connectivity index (χ1v) is 9.45. The third-order valence-corrected chi connectivity index (χ3v) is 5.25. The molecule has 0 amide bonds. The van der Waals surface area contributed by atoms with Gasteiger partial charge in [-0.05, 0) is 31.7 Å².